The molecular weight excluding hydrogens is 198 g/mol. The van der Waals surface area contributed by atoms with E-state index in [0.29, 0.717) is 12.2 Å². The number of carbonyl (C=O) groups excluding carboxylic acids is 1. The number of carboxylic acids is 1. The van der Waals surface area contributed by atoms with E-state index in [1.807, 2.05) is 6.92 Å². The lowest BCUT2D eigenvalue weighted by Crippen LogP contribution is -2.08. The number of nitrogens with zero attached hydrogens (tertiary/aromatic N) is 2. The average molecular weight is 209 g/mol. The number of aryl methyl sites for hydroxylation is 1. The van der Waals surface area contributed by atoms with Crippen LogP contribution in [0.1, 0.15) is 6.92 Å². The predicted molar refractivity (Wildman–Crippen MR) is 53.3 cm³/mol. The van der Waals surface area contributed by atoms with Gasteiger partial charge in [0.1, 0.15) is 0 Å². The summed E-state index contributed by atoms with van der Waals surface area (Å²) >= 11 is 0. The van der Waals surface area contributed by atoms with Crippen LogP contribution in [0.15, 0.2) is 24.5 Å². The van der Waals surface area contributed by atoms with Crippen molar-refractivity contribution < 1.29 is 14.7 Å². The topological polar surface area (TPSA) is 84.2 Å². The van der Waals surface area contributed by atoms with Crippen LogP contribution in [-0.4, -0.2) is 26.8 Å². The minimum absolute atomic E-state index is 0.493. The largest absolute Gasteiger partial charge is 0.478 e. The molecule has 6 heteroatoms. The van der Waals surface area contributed by atoms with E-state index in [0.717, 1.165) is 12.2 Å². The number of amides is 1. The minimum Gasteiger partial charge on any atom is -0.478 e. The number of anilines is 1. The van der Waals surface area contributed by atoms with E-state index < -0.39 is 11.9 Å². The normalized spacial score (nSPS) is 10.5. The third-order valence-corrected chi connectivity index (χ3v) is 1.60. The molecule has 0 unspecified atom stereocenters. The molecule has 0 aliphatic rings. The smallest absolute Gasteiger partial charge is 0.328 e. The third kappa shape index (κ3) is 3.63. The summed E-state index contributed by atoms with van der Waals surface area (Å²) in [5.41, 5.74) is 0.539. The van der Waals surface area contributed by atoms with Gasteiger partial charge in [-0.3, -0.25) is 9.48 Å². The fourth-order valence-corrected chi connectivity index (χ4v) is 0.932. The van der Waals surface area contributed by atoms with Gasteiger partial charge in [-0.15, -0.1) is 0 Å². The van der Waals surface area contributed by atoms with Crippen LogP contribution in [-0.2, 0) is 16.1 Å². The third-order valence-electron chi connectivity index (χ3n) is 1.60. The highest BCUT2D eigenvalue weighted by Crippen LogP contribution is 2.04. The predicted octanol–water partition coefficient (Wildman–Crippen LogP) is 0.482. The first kappa shape index (κ1) is 11.0. The van der Waals surface area contributed by atoms with E-state index in [1.165, 1.54) is 6.20 Å². The maximum Gasteiger partial charge on any atom is 0.328 e. The molecule has 0 aliphatic carbocycles. The molecule has 0 bridgehead atoms. The fourth-order valence-electron chi connectivity index (χ4n) is 0.932. The Kier molecular flexibility index (Phi) is 3.61. The maximum atomic E-state index is 11.1. The molecule has 0 aliphatic heterocycles. The lowest BCUT2D eigenvalue weighted by atomic mass is 10.4. The molecule has 0 saturated carbocycles. The van der Waals surface area contributed by atoms with Gasteiger partial charge in [0.2, 0.25) is 5.91 Å². The second-order valence-corrected chi connectivity index (χ2v) is 2.75. The van der Waals surface area contributed by atoms with E-state index in [4.69, 9.17) is 5.11 Å². The molecule has 6 nitrogen and oxygen atoms in total. The number of nitrogens with one attached hydrogen (secondary N) is 1. The quantitative estimate of drug-likeness (QED) is 0.706. The zero-order valence-corrected chi connectivity index (χ0v) is 8.17. The summed E-state index contributed by atoms with van der Waals surface area (Å²) in [6.45, 7) is 2.63. The number of carboxylic acid groups (broad SMARTS) is 1. The molecule has 0 fully saturated rings. The van der Waals surface area contributed by atoms with Crippen molar-refractivity contribution in [3.8, 4) is 0 Å². The van der Waals surface area contributed by atoms with Crippen molar-refractivity contribution in [2.75, 3.05) is 5.32 Å². The number of rotatable bonds is 4. The van der Waals surface area contributed by atoms with E-state index in [9.17, 15) is 9.59 Å². The molecule has 1 rings (SSSR count). The molecule has 0 atom stereocenters. The van der Waals surface area contributed by atoms with Crippen molar-refractivity contribution in [2.24, 2.45) is 0 Å². The molecule has 0 radical (unpaired) electrons. The number of hydrogen-bond donors (Lipinski definition) is 2. The van der Waals surface area contributed by atoms with E-state index in [1.54, 1.807) is 10.9 Å². The van der Waals surface area contributed by atoms with Gasteiger partial charge in [0.15, 0.2) is 0 Å². The Morgan fingerprint density at radius 2 is 2.33 bits per heavy atom. The Balaban J connectivity index is 2.54. The number of hydrogen-bond acceptors (Lipinski definition) is 3. The van der Waals surface area contributed by atoms with Gasteiger partial charge >= 0.3 is 5.97 Å². The summed E-state index contributed by atoms with van der Waals surface area (Å²) in [6.07, 6.45) is 4.88. The van der Waals surface area contributed by atoms with Gasteiger partial charge in [-0.25, -0.2) is 4.79 Å². The second-order valence-electron chi connectivity index (χ2n) is 2.75. The SMILES string of the molecule is CCn1cc(NC(=O)/C=C/C(=O)O)cn1. The molecule has 0 aromatic carbocycles. The van der Waals surface area contributed by atoms with Crippen LogP contribution in [0.5, 0.6) is 0 Å². The van der Waals surface area contributed by atoms with E-state index >= 15 is 0 Å². The minimum atomic E-state index is -1.16. The van der Waals surface area contributed by atoms with Crippen molar-refractivity contribution in [2.45, 2.75) is 13.5 Å². The zero-order valence-electron chi connectivity index (χ0n) is 8.17. The van der Waals surface area contributed by atoms with Crippen LogP contribution in [0, 0.1) is 0 Å². The van der Waals surface area contributed by atoms with Gasteiger partial charge in [-0.05, 0) is 6.92 Å². The standard InChI is InChI=1S/C9H11N3O3/c1-2-12-6-7(5-10-12)11-8(13)3-4-9(14)15/h3-6H,2H2,1H3,(H,11,13)(H,14,15)/b4-3+. The summed E-state index contributed by atoms with van der Waals surface area (Å²) in [7, 11) is 0. The molecule has 1 aromatic heterocycles. The summed E-state index contributed by atoms with van der Waals surface area (Å²) in [5.74, 6) is -1.65. The van der Waals surface area contributed by atoms with Crippen molar-refractivity contribution in [3.05, 3.63) is 24.5 Å². The molecule has 80 valence electrons. The molecule has 1 heterocycles. The van der Waals surface area contributed by atoms with Gasteiger partial charge in [-0.2, -0.15) is 5.10 Å². The Hall–Kier alpha value is -2.11. The van der Waals surface area contributed by atoms with Gasteiger partial charge in [0.05, 0.1) is 11.9 Å². The van der Waals surface area contributed by atoms with Gasteiger partial charge in [0.25, 0.3) is 0 Å². The van der Waals surface area contributed by atoms with Crippen molar-refractivity contribution >= 4 is 17.6 Å². The number of aliphatic carboxylic acids is 1. The second kappa shape index (κ2) is 4.94. The average Bonchev–Trinajstić information content (AvgIpc) is 2.62. The lowest BCUT2D eigenvalue weighted by molar-refractivity contribution is -0.131. The Labute approximate surface area is 86.2 Å². The first-order valence-corrected chi connectivity index (χ1v) is 4.36. The monoisotopic (exact) mass is 209 g/mol. The first-order valence-electron chi connectivity index (χ1n) is 4.36. The Bertz CT molecular complexity index is 395. The van der Waals surface area contributed by atoms with E-state index in [-0.39, 0.29) is 0 Å². The zero-order chi connectivity index (χ0) is 11.3. The summed E-state index contributed by atoms with van der Waals surface area (Å²) < 4.78 is 1.65. The molecule has 2 N–H and O–H groups in total. The number of aromatic nitrogens is 2. The molecule has 0 saturated heterocycles. The summed E-state index contributed by atoms with van der Waals surface area (Å²) in [5, 5.41) is 14.7. The van der Waals surface area contributed by atoms with Crippen molar-refractivity contribution in [3.63, 3.8) is 0 Å². The maximum absolute atomic E-state index is 11.1. The molecule has 1 aromatic rings. The fraction of sp³-hybridized carbons (Fsp3) is 0.222. The van der Waals surface area contributed by atoms with Gasteiger partial charge in [-0.1, -0.05) is 0 Å². The molecule has 15 heavy (non-hydrogen) atoms. The number of carbonyl (C=O) groups is 2. The summed E-state index contributed by atoms with van der Waals surface area (Å²) in [6, 6.07) is 0. The summed E-state index contributed by atoms with van der Waals surface area (Å²) in [4.78, 5) is 21.2. The van der Waals surface area contributed by atoms with Crippen LogP contribution in [0.2, 0.25) is 0 Å². The Morgan fingerprint density at radius 3 is 2.87 bits per heavy atom. The molecule has 0 spiro atoms. The van der Waals surface area contributed by atoms with Crippen LogP contribution in [0.4, 0.5) is 5.69 Å². The first-order chi connectivity index (χ1) is 7.11. The lowest BCUT2D eigenvalue weighted by Gasteiger charge is -1.95. The van der Waals surface area contributed by atoms with Gasteiger partial charge in [0, 0.05) is 24.9 Å². The van der Waals surface area contributed by atoms with E-state index in [2.05, 4.69) is 10.4 Å². The Morgan fingerprint density at radius 1 is 1.60 bits per heavy atom. The van der Waals surface area contributed by atoms with Crippen LogP contribution >= 0.6 is 0 Å². The highest BCUT2D eigenvalue weighted by Gasteiger charge is 2.00. The van der Waals surface area contributed by atoms with Crippen LogP contribution in [0.3, 0.4) is 0 Å². The van der Waals surface area contributed by atoms with Gasteiger partial charge < -0.3 is 10.4 Å². The highest BCUT2D eigenvalue weighted by atomic mass is 16.4. The van der Waals surface area contributed by atoms with Crippen LogP contribution < -0.4 is 5.32 Å². The van der Waals surface area contributed by atoms with Crippen molar-refractivity contribution in [1.82, 2.24) is 9.78 Å². The van der Waals surface area contributed by atoms with Crippen LogP contribution in [0.25, 0.3) is 0 Å². The highest BCUT2D eigenvalue weighted by molar-refractivity contribution is 6.02. The molecule has 1 amide bonds. The molecular formula is C9H11N3O3. The van der Waals surface area contributed by atoms with Crippen molar-refractivity contribution in [1.29, 1.82) is 0 Å².